The van der Waals surface area contributed by atoms with E-state index < -0.39 is 24.2 Å². The minimum absolute atomic E-state index is 0.0712. The van der Waals surface area contributed by atoms with Crippen LogP contribution >= 0.6 is 11.3 Å². The maximum absolute atomic E-state index is 13.5. The van der Waals surface area contributed by atoms with Gasteiger partial charge in [-0.1, -0.05) is 13.0 Å². The van der Waals surface area contributed by atoms with E-state index >= 15 is 0 Å². The first-order valence-electron chi connectivity index (χ1n) is 8.06. The number of nitrogens with one attached hydrogen (secondary N) is 2. The summed E-state index contributed by atoms with van der Waals surface area (Å²) in [4.78, 5) is 13.2. The van der Waals surface area contributed by atoms with E-state index in [0.717, 1.165) is 16.0 Å². The first kappa shape index (κ1) is 17.8. The largest absolute Gasteiger partial charge is 0.410 e. The topological polar surface area (TPSA) is 59.0 Å². The lowest BCUT2D eigenvalue weighted by atomic mass is 10.0. The fourth-order valence-electron chi connectivity index (χ4n) is 2.81. The number of hydrogen-bond donors (Lipinski definition) is 2. The molecule has 3 atom stereocenters. The highest BCUT2D eigenvalue weighted by Crippen LogP contribution is 2.44. The predicted octanol–water partition coefficient (Wildman–Crippen LogP) is 4.13. The normalized spacial score (nSPS) is 21.3. The lowest BCUT2D eigenvalue weighted by Crippen LogP contribution is -2.37. The lowest BCUT2D eigenvalue weighted by molar-refractivity contribution is -0.173. The van der Waals surface area contributed by atoms with Gasteiger partial charge >= 0.3 is 6.18 Å². The highest BCUT2D eigenvalue weighted by atomic mass is 32.1. The van der Waals surface area contributed by atoms with E-state index in [-0.39, 0.29) is 23.8 Å². The summed E-state index contributed by atoms with van der Waals surface area (Å²) in [5.74, 6) is -0.302. The average molecular weight is 372 g/mol. The van der Waals surface area contributed by atoms with Crippen LogP contribution in [0, 0.1) is 0 Å². The van der Waals surface area contributed by atoms with Gasteiger partial charge < -0.3 is 10.6 Å². The molecular weight excluding hydrogens is 353 g/mol. The van der Waals surface area contributed by atoms with E-state index in [9.17, 15) is 18.0 Å². The summed E-state index contributed by atoms with van der Waals surface area (Å²) >= 11 is 1.39. The summed E-state index contributed by atoms with van der Waals surface area (Å²) in [6.07, 6.45) is -2.67. The third kappa shape index (κ3) is 3.51. The number of carbonyl (C=O) groups is 1. The molecule has 0 saturated heterocycles. The first-order chi connectivity index (χ1) is 11.8. The molecule has 2 aromatic heterocycles. The monoisotopic (exact) mass is 372 g/mol. The smallest absolute Gasteiger partial charge is 0.362 e. The van der Waals surface area contributed by atoms with Gasteiger partial charge in [-0.2, -0.15) is 18.3 Å². The van der Waals surface area contributed by atoms with Crippen LogP contribution in [0.15, 0.2) is 23.7 Å². The number of hydrogen-bond acceptors (Lipinski definition) is 4. The second-order valence-corrected chi connectivity index (χ2v) is 7.12. The standard InChI is InChI=1S/C16H19F3N4OS/c1-3-9(2)21-15(24)10-8-20-23-13(16(17,18)19)7-11(22-14(10)23)12-5-4-6-25-12/h4-6,8-9,11,13,22H,3,7H2,1-2H3,(H,21,24). The third-order valence-electron chi connectivity index (χ3n) is 4.36. The zero-order valence-corrected chi connectivity index (χ0v) is 14.6. The van der Waals surface area contributed by atoms with Gasteiger partial charge in [0.25, 0.3) is 5.91 Å². The Hall–Kier alpha value is -2.03. The molecule has 136 valence electrons. The Morgan fingerprint density at radius 3 is 2.92 bits per heavy atom. The molecule has 0 spiro atoms. The molecule has 0 aromatic carbocycles. The van der Waals surface area contributed by atoms with Crippen LogP contribution in [0.4, 0.5) is 19.0 Å². The van der Waals surface area contributed by atoms with Crippen molar-refractivity contribution in [2.24, 2.45) is 0 Å². The number of nitrogens with zero attached hydrogens (tertiary/aromatic N) is 2. The van der Waals surface area contributed by atoms with Crippen molar-refractivity contribution in [2.75, 3.05) is 5.32 Å². The Morgan fingerprint density at radius 2 is 2.32 bits per heavy atom. The molecule has 5 nitrogen and oxygen atoms in total. The minimum Gasteiger partial charge on any atom is -0.362 e. The molecule has 1 aliphatic rings. The summed E-state index contributed by atoms with van der Waals surface area (Å²) in [6, 6.07) is 1.25. The Balaban J connectivity index is 1.97. The fourth-order valence-corrected chi connectivity index (χ4v) is 3.60. The van der Waals surface area contributed by atoms with Crippen molar-refractivity contribution in [3.63, 3.8) is 0 Å². The van der Waals surface area contributed by atoms with Crippen molar-refractivity contribution >= 4 is 23.1 Å². The number of halogens is 3. The van der Waals surface area contributed by atoms with Crippen LogP contribution in [0.25, 0.3) is 0 Å². The van der Waals surface area contributed by atoms with Gasteiger partial charge in [0.15, 0.2) is 6.04 Å². The predicted molar refractivity (Wildman–Crippen MR) is 89.8 cm³/mol. The molecule has 3 unspecified atom stereocenters. The minimum atomic E-state index is -4.44. The molecular formula is C16H19F3N4OS. The lowest BCUT2D eigenvalue weighted by Gasteiger charge is -2.33. The van der Waals surface area contributed by atoms with Crippen LogP contribution in [0.2, 0.25) is 0 Å². The third-order valence-corrected chi connectivity index (χ3v) is 5.35. The maximum Gasteiger partial charge on any atom is 0.410 e. The fraction of sp³-hybridized carbons (Fsp3) is 0.500. The quantitative estimate of drug-likeness (QED) is 0.848. The van der Waals surface area contributed by atoms with Crippen molar-refractivity contribution in [1.29, 1.82) is 0 Å². The maximum atomic E-state index is 13.5. The summed E-state index contributed by atoms with van der Waals surface area (Å²) in [5.41, 5.74) is 0.135. The van der Waals surface area contributed by atoms with E-state index in [4.69, 9.17) is 0 Å². The first-order valence-corrected chi connectivity index (χ1v) is 8.94. The van der Waals surface area contributed by atoms with Crippen molar-refractivity contribution in [3.05, 3.63) is 34.2 Å². The molecule has 0 bridgehead atoms. The SMILES string of the molecule is CCC(C)NC(=O)c1cnn2c1NC(c1cccs1)CC2C(F)(F)F. The van der Waals surface area contributed by atoms with E-state index in [1.54, 1.807) is 12.1 Å². The molecule has 2 N–H and O–H groups in total. The second kappa shape index (κ2) is 6.70. The van der Waals surface area contributed by atoms with E-state index in [2.05, 4.69) is 15.7 Å². The van der Waals surface area contributed by atoms with Crippen LogP contribution < -0.4 is 10.6 Å². The molecule has 2 aromatic rings. The number of aromatic nitrogens is 2. The Bertz CT molecular complexity index is 741. The number of carbonyl (C=O) groups excluding carboxylic acids is 1. The van der Waals surface area contributed by atoms with Gasteiger partial charge in [-0.05, 0) is 24.8 Å². The van der Waals surface area contributed by atoms with Crippen LogP contribution in [0.1, 0.15) is 54.0 Å². The van der Waals surface area contributed by atoms with Crippen LogP contribution in [0.5, 0.6) is 0 Å². The number of fused-ring (bicyclic) bond motifs is 1. The van der Waals surface area contributed by atoms with Gasteiger partial charge in [0.1, 0.15) is 11.4 Å². The van der Waals surface area contributed by atoms with E-state index in [1.165, 1.54) is 17.5 Å². The van der Waals surface area contributed by atoms with Gasteiger partial charge in [0, 0.05) is 17.3 Å². The van der Waals surface area contributed by atoms with Crippen molar-refractivity contribution in [1.82, 2.24) is 15.1 Å². The number of alkyl halides is 3. The van der Waals surface area contributed by atoms with Crippen LogP contribution in [0.3, 0.4) is 0 Å². The molecule has 25 heavy (non-hydrogen) atoms. The van der Waals surface area contributed by atoms with Gasteiger partial charge in [0.05, 0.1) is 12.2 Å². The molecule has 0 fully saturated rings. The molecule has 0 aliphatic carbocycles. The van der Waals surface area contributed by atoms with Crippen LogP contribution in [-0.4, -0.2) is 27.9 Å². The summed E-state index contributed by atoms with van der Waals surface area (Å²) in [7, 11) is 0. The van der Waals surface area contributed by atoms with E-state index in [1.807, 2.05) is 19.2 Å². The summed E-state index contributed by atoms with van der Waals surface area (Å²) in [6.45, 7) is 3.76. The highest BCUT2D eigenvalue weighted by molar-refractivity contribution is 7.10. The number of thiophene rings is 1. The number of anilines is 1. The Labute approximate surface area is 147 Å². The molecule has 3 heterocycles. The highest BCUT2D eigenvalue weighted by Gasteiger charge is 2.47. The van der Waals surface area contributed by atoms with Gasteiger partial charge in [0.2, 0.25) is 0 Å². The average Bonchev–Trinajstić information content (AvgIpc) is 3.22. The van der Waals surface area contributed by atoms with Crippen molar-refractivity contribution < 1.29 is 18.0 Å². The molecule has 1 amide bonds. The molecule has 0 radical (unpaired) electrons. The molecule has 0 saturated carbocycles. The summed E-state index contributed by atoms with van der Waals surface area (Å²) < 4.78 is 41.5. The number of rotatable bonds is 4. The Morgan fingerprint density at radius 1 is 1.56 bits per heavy atom. The van der Waals surface area contributed by atoms with Gasteiger partial charge in [-0.25, -0.2) is 4.68 Å². The molecule has 9 heteroatoms. The van der Waals surface area contributed by atoms with Gasteiger partial charge in [-0.15, -0.1) is 11.3 Å². The number of amides is 1. The molecule has 1 aliphatic heterocycles. The zero-order chi connectivity index (χ0) is 18.2. The van der Waals surface area contributed by atoms with E-state index in [0.29, 0.717) is 0 Å². The van der Waals surface area contributed by atoms with Crippen molar-refractivity contribution in [3.8, 4) is 0 Å². The zero-order valence-electron chi connectivity index (χ0n) is 13.8. The summed E-state index contributed by atoms with van der Waals surface area (Å²) in [5, 5.41) is 11.5. The van der Waals surface area contributed by atoms with Gasteiger partial charge in [-0.3, -0.25) is 4.79 Å². The Kier molecular flexibility index (Phi) is 4.77. The van der Waals surface area contributed by atoms with Crippen LogP contribution in [-0.2, 0) is 0 Å². The second-order valence-electron chi connectivity index (χ2n) is 6.14. The van der Waals surface area contributed by atoms with Crippen molar-refractivity contribution in [2.45, 2.75) is 51.0 Å². The molecule has 3 rings (SSSR count).